The molecule has 0 aromatic carbocycles. The van der Waals surface area contributed by atoms with Gasteiger partial charge in [-0.3, -0.25) is 9.36 Å². The molecule has 0 aliphatic heterocycles. The lowest BCUT2D eigenvalue weighted by Crippen LogP contribution is -2.12. The molecular formula is C13H21N5. The summed E-state index contributed by atoms with van der Waals surface area (Å²) >= 11 is 0. The van der Waals surface area contributed by atoms with E-state index < -0.39 is 0 Å². The van der Waals surface area contributed by atoms with Gasteiger partial charge in [0.05, 0.1) is 24.1 Å². The highest BCUT2D eigenvalue weighted by Crippen LogP contribution is 2.14. The summed E-state index contributed by atoms with van der Waals surface area (Å²) in [6.45, 7) is 8.11. The summed E-state index contributed by atoms with van der Waals surface area (Å²) in [6, 6.07) is 2.50. The molecule has 0 aliphatic rings. The molecule has 0 amide bonds. The Bertz CT molecular complexity index is 485. The smallest absolute Gasteiger partial charge is 0.0729 e. The predicted molar refractivity (Wildman–Crippen MR) is 72.5 cm³/mol. The second kappa shape index (κ2) is 5.71. The van der Waals surface area contributed by atoms with Crippen molar-refractivity contribution in [1.29, 1.82) is 0 Å². The Morgan fingerprint density at radius 3 is 2.83 bits per heavy atom. The minimum atomic E-state index is 0.440. The molecular weight excluding hydrogens is 226 g/mol. The number of rotatable bonds is 6. The van der Waals surface area contributed by atoms with E-state index >= 15 is 0 Å². The summed E-state index contributed by atoms with van der Waals surface area (Å²) in [6.07, 6.45) is 6.82. The molecule has 18 heavy (non-hydrogen) atoms. The number of hydrogen-bond donors (Lipinski definition) is 1. The molecule has 0 bridgehead atoms. The van der Waals surface area contributed by atoms with E-state index in [1.165, 1.54) is 5.69 Å². The first kappa shape index (κ1) is 12.7. The Morgan fingerprint density at radius 2 is 2.17 bits per heavy atom. The number of nitrogens with zero attached hydrogens (tertiary/aromatic N) is 4. The van der Waals surface area contributed by atoms with Crippen molar-refractivity contribution in [3.63, 3.8) is 0 Å². The largest absolute Gasteiger partial charge is 0.377 e. The van der Waals surface area contributed by atoms with Crippen molar-refractivity contribution in [2.45, 2.75) is 46.3 Å². The molecule has 0 radical (unpaired) electrons. The second-order valence-electron chi connectivity index (χ2n) is 4.46. The minimum absolute atomic E-state index is 0.440. The van der Waals surface area contributed by atoms with Crippen molar-refractivity contribution in [3.05, 3.63) is 30.4 Å². The van der Waals surface area contributed by atoms with E-state index in [4.69, 9.17) is 0 Å². The number of nitrogens with one attached hydrogen (secondary N) is 1. The van der Waals surface area contributed by atoms with Gasteiger partial charge < -0.3 is 5.32 Å². The van der Waals surface area contributed by atoms with Crippen molar-refractivity contribution in [2.24, 2.45) is 0 Å². The lowest BCUT2D eigenvalue weighted by molar-refractivity contribution is 0.462. The van der Waals surface area contributed by atoms with Crippen LogP contribution in [0.2, 0.25) is 0 Å². The van der Waals surface area contributed by atoms with Gasteiger partial charge in [0.15, 0.2) is 0 Å². The first-order valence-electron chi connectivity index (χ1n) is 6.53. The minimum Gasteiger partial charge on any atom is -0.377 e. The molecule has 2 rings (SSSR count). The van der Waals surface area contributed by atoms with Gasteiger partial charge in [0.1, 0.15) is 0 Å². The molecule has 2 aromatic rings. The van der Waals surface area contributed by atoms with Crippen LogP contribution in [0.5, 0.6) is 0 Å². The Hall–Kier alpha value is -1.78. The summed E-state index contributed by atoms with van der Waals surface area (Å²) in [5, 5.41) is 12.0. The normalized spacial score (nSPS) is 12.6. The van der Waals surface area contributed by atoms with Gasteiger partial charge in [-0.15, -0.1) is 0 Å². The van der Waals surface area contributed by atoms with Gasteiger partial charge in [0.25, 0.3) is 0 Å². The standard InChI is InChI=1S/C13H21N5/c1-4-11(3)18-13(6-7-15-18)9-14-12-8-16-17(5-2)10-12/h6-8,10-11,14H,4-5,9H2,1-3H3. The van der Waals surface area contributed by atoms with Crippen LogP contribution in [0.1, 0.15) is 38.9 Å². The van der Waals surface area contributed by atoms with E-state index in [1.807, 2.05) is 23.3 Å². The summed E-state index contributed by atoms with van der Waals surface area (Å²) in [5.74, 6) is 0. The average molecular weight is 247 g/mol. The third-order valence-electron chi connectivity index (χ3n) is 3.19. The van der Waals surface area contributed by atoms with Crippen LogP contribution in [0.3, 0.4) is 0 Å². The summed E-state index contributed by atoms with van der Waals surface area (Å²) in [7, 11) is 0. The quantitative estimate of drug-likeness (QED) is 0.853. The van der Waals surface area contributed by atoms with E-state index in [2.05, 4.69) is 47.0 Å². The first-order valence-corrected chi connectivity index (χ1v) is 6.53. The highest BCUT2D eigenvalue weighted by Gasteiger charge is 2.08. The summed E-state index contributed by atoms with van der Waals surface area (Å²) in [5.41, 5.74) is 2.25. The SMILES string of the molecule is CCC(C)n1nccc1CNc1cnn(CC)c1. The van der Waals surface area contributed by atoms with Crippen LogP contribution in [-0.2, 0) is 13.1 Å². The van der Waals surface area contributed by atoms with Crippen LogP contribution in [0.4, 0.5) is 5.69 Å². The van der Waals surface area contributed by atoms with Gasteiger partial charge in [-0.1, -0.05) is 6.92 Å². The molecule has 0 saturated heterocycles. The van der Waals surface area contributed by atoms with Gasteiger partial charge in [-0.25, -0.2) is 0 Å². The van der Waals surface area contributed by atoms with Gasteiger partial charge in [-0.2, -0.15) is 10.2 Å². The fourth-order valence-corrected chi connectivity index (χ4v) is 1.87. The Morgan fingerprint density at radius 1 is 1.33 bits per heavy atom. The van der Waals surface area contributed by atoms with Gasteiger partial charge in [0.2, 0.25) is 0 Å². The van der Waals surface area contributed by atoms with Gasteiger partial charge >= 0.3 is 0 Å². The number of anilines is 1. The topological polar surface area (TPSA) is 47.7 Å². The zero-order valence-electron chi connectivity index (χ0n) is 11.3. The van der Waals surface area contributed by atoms with Crippen LogP contribution in [0, 0.1) is 0 Å². The Kier molecular flexibility index (Phi) is 4.02. The monoisotopic (exact) mass is 247 g/mol. The Balaban J connectivity index is 1.99. The van der Waals surface area contributed by atoms with E-state index in [0.717, 1.165) is 25.2 Å². The van der Waals surface area contributed by atoms with Crippen LogP contribution in [0.25, 0.3) is 0 Å². The fraction of sp³-hybridized carbons (Fsp3) is 0.538. The average Bonchev–Trinajstić information content (AvgIpc) is 3.03. The van der Waals surface area contributed by atoms with Crippen LogP contribution in [0.15, 0.2) is 24.7 Å². The molecule has 1 atom stereocenters. The molecule has 2 heterocycles. The Labute approximate surface area is 108 Å². The maximum Gasteiger partial charge on any atom is 0.0729 e. The van der Waals surface area contributed by atoms with Crippen LogP contribution < -0.4 is 5.32 Å². The molecule has 5 heteroatoms. The maximum atomic E-state index is 4.38. The zero-order valence-corrected chi connectivity index (χ0v) is 11.3. The van der Waals surface area contributed by atoms with Crippen molar-refractivity contribution in [3.8, 4) is 0 Å². The third-order valence-corrected chi connectivity index (χ3v) is 3.19. The second-order valence-corrected chi connectivity index (χ2v) is 4.46. The molecule has 5 nitrogen and oxygen atoms in total. The summed E-state index contributed by atoms with van der Waals surface area (Å²) in [4.78, 5) is 0. The van der Waals surface area contributed by atoms with Crippen LogP contribution in [-0.4, -0.2) is 19.6 Å². The fourth-order valence-electron chi connectivity index (χ4n) is 1.87. The third kappa shape index (κ3) is 2.72. The van der Waals surface area contributed by atoms with E-state index in [1.54, 1.807) is 0 Å². The predicted octanol–water partition coefficient (Wildman–Crippen LogP) is 2.68. The van der Waals surface area contributed by atoms with Crippen molar-refractivity contribution < 1.29 is 0 Å². The summed E-state index contributed by atoms with van der Waals surface area (Å²) < 4.78 is 3.99. The molecule has 0 aliphatic carbocycles. The number of hydrogen-bond acceptors (Lipinski definition) is 3. The molecule has 1 N–H and O–H groups in total. The highest BCUT2D eigenvalue weighted by atomic mass is 15.3. The maximum absolute atomic E-state index is 4.38. The van der Waals surface area contributed by atoms with E-state index in [0.29, 0.717) is 6.04 Å². The van der Waals surface area contributed by atoms with Crippen molar-refractivity contribution >= 4 is 5.69 Å². The van der Waals surface area contributed by atoms with E-state index in [9.17, 15) is 0 Å². The molecule has 0 saturated carbocycles. The molecule has 2 aromatic heterocycles. The molecule has 98 valence electrons. The lowest BCUT2D eigenvalue weighted by Gasteiger charge is -2.14. The van der Waals surface area contributed by atoms with E-state index in [-0.39, 0.29) is 0 Å². The zero-order chi connectivity index (χ0) is 13.0. The lowest BCUT2D eigenvalue weighted by atomic mass is 10.2. The first-order chi connectivity index (χ1) is 8.74. The highest BCUT2D eigenvalue weighted by molar-refractivity contribution is 5.38. The molecule has 0 spiro atoms. The van der Waals surface area contributed by atoms with Gasteiger partial charge in [0, 0.05) is 25.0 Å². The van der Waals surface area contributed by atoms with Crippen molar-refractivity contribution in [1.82, 2.24) is 19.6 Å². The van der Waals surface area contributed by atoms with Gasteiger partial charge in [-0.05, 0) is 26.3 Å². The van der Waals surface area contributed by atoms with Crippen molar-refractivity contribution in [2.75, 3.05) is 5.32 Å². The number of aryl methyl sites for hydroxylation is 1. The number of aromatic nitrogens is 4. The molecule has 1 unspecified atom stereocenters. The molecule has 0 fully saturated rings. The van der Waals surface area contributed by atoms with Crippen LogP contribution >= 0.6 is 0 Å².